The van der Waals surface area contributed by atoms with Crippen molar-refractivity contribution >= 4 is 0 Å². The van der Waals surface area contributed by atoms with Crippen molar-refractivity contribution < 1.29 is 18.9 Å². The SMILES string of the molecule is COC1CCC2CC3[C+](CCC4CC5OCOC5CC43)CC2C1OC. The van der Waals surface area contributed by atoms with E-state index < -0.39 is 0 Å². The number of hydrogen-bond acceptors (Lipinski definition) is 4. The molecule has 0 spiro atoms. The Labute approximate surface area is 151 Å². The molecule has 25 heavy (non-hydrogen) atoms. The molecule has 0 aromatic rings. The summed E-state index contributed by atoms with van der Waals surface area (Å²) in [6.45, 7) is 0.522. The van der Waals surface area contributed by atoms with Gasteiger partial charge in [0, 0.05) is 26.1 Å². The number of hydrogen-bond donors (Lipinski definition) is 0. The van der Waals surface area contributed by atoms with Gasteiger partial charge in [-0.05, 0) is 50.4 Å². The maximum Gasteiger partial charge on any atom is 0.147 e. The highest BCUT2D eigenvalue weighted by atomic mass is 16.7. The minimum Gasteiger partial charge on any atom is -0.379 e. The third kappa shape index (κ3) is 2.75. The Hall–Kier alpha value is -0.290. The fourth-order valence-corrected chi connectivity index (χ4v) is 7.16. The molecule has 9 atom stereocenters. The van der Waals surface area contributed by atoms with Crippen molar-refractivity contribution in [2.24, 2.45) is 29.6 Å². The second-order valence-corrected chi connectivity index (χ2v) is 9.14. The molecule has 0 aromatic heterocycles. The molecule has 5 rings (SSSR count). The Bertz CT molecular complexity index is 483. The average molecular weight is 349 g/mol. The summed E-state index contributed by atoms with van der Waals surface area (Å²) in [4.78, 5) is 0. The van der Waals surface area contributed by atoms with Crippen LogP contribution in [0.15, 0.2) is 0 Å². The maximum absolute atomic E-state index is 5.93. The summed E-state index contributed by atoms with van der Waals surface area (Å²) >= 11 is 0. The van der Waals surface area contributed by atoms with Crippen molar-refractivity contribution in [3.63, 3.8) is 0 Å². The van der Waals surface area contributed by atoms with Gasteiger partial charge in [-0.1, -0.05) is 0 Å². The molecule has 1 saturated heterocycles. The highest BCUT2D eigenvalue weighted by molar-refractivity contribution is 5.13. The van der Waals surface area contributed by atoms with Crippen molar-refractivity contribution in [2.75, 3.05) is 21.0 Å². The van der Waals surface area contributed by atoms with Crippen LogP contribution in [-0.2, 0) is 18.9 Å². The molecular formula is C21H33O4+. The lowest BCUT2D eigenvalue weighted by Gasteiger charge is -2.50. The van der Waals surface area contributed by atoms with Crippen molar-refractivity contribution in [2.45, 2.75) is 75.8 Å². The first kappa shape index (κ1) is 16.9. The van der Waals surface area contributed by atoms with E-state index in [4.69, 9.17) is 18.9 Å². The summed E-state index contributed by atoms with van der Waals surface area (Å²) in [6, 6.07) is 0. The van der Waals surface area contributed by atoms with Crippen LogP contribution in [0.5, 0.6) is 0 Å². The van der Waals surface area contributed by atoms with Crippen LogP contribution in [0.25, 0.3) is 0 Å². The van der Waals surface area contributed by atoms with Crippen LogP contribution in [-0.4, -0.2) is 45.4 Å². The molecule has 0 N–H and O–H groups in total. The quantitative estimate of drug-likeness (QED) is 0.714. The molecule has 0 aromatic carbocycles. The first-order valence-corrected chi connectivity index (χ1v) is 10.4. The number of rotatable bonds is 2. The van der Waals surface area contributed by atoms with E-state index in [1.165, 1.54) is 44.9 Å². The predicted molar refractivity (Wildman–Crippen MR) is 93.8 cm³/mol. The third-order valence-electron chi connectivity index (χ3n) is 8.35. The number of ether oxygens (including phenoxy) is 4. The Morgan fingerprint density at radius 1 is 0.840 bits per heavy atom. The molecule has 4 aliphatic carbocycles. The molecule has 5 aliphatic rings. The predicted octanol–water partition coefficient (Wildman–Crippen LogP) is 3.59. The van der Waals surface area contributed by atoms with E-state index in [-0.39, 0.29) is 6.10 Å². The summed E-state index contributed by atoms with van der Waals surface area (Å²) in [5.74, 6) is 5.88. The number of fused-ring (bicyclic) bond motifs is 5. The van der Waals surface area contributed by atoms with Gasteiger partial charge < -0.3 is 18.9 Å². The lowest BCUT2D eigenvalue weighted by molar-refractivity contribution is -0.123. The van der Waals surface area contributed by atoms with Crippen LogP contribution in [0.1, 0.15) is 51.4 Å². The van der Waals surface area contributed by atoms with E-state index >= 15 is 0 Å². The van der Waals surface area contributed by atoms with Gasteiger partial charge in [0.2, 0.25) is 0 Å². The molecule has 0 amide bonds. The van der Waals surface area contributed by atoms with Gasteiger partial charge in [0.25, 0.3) is 0 Å². The summed E-state index contributed by atoms with van der Waals surface area (Å²) < 4.78 is 23.4. The zero-order chi connectivity index (χ0) is 17.0. The van der Waals surface area contributed by atoms with Gasteiger partial charge in [-0.15, -0.1) is 0 Å². The lowest BCUT2D eigenvalue weighted by Crippen LogP contribution is -2.52. The van der Waals surface area contributed by atoms with Crippen LogP contribution in [0.2, 0.25) is 0 Å². The molecule has 0 bridgehead atoms. The molecule has 9 unspecified atom stereocenters. The maximum atomic E-state index is 5.93. The Kier molecular flexibility index (Phi) is 4.52. The van der Waals surface area contributed by atoms with Gasteiger partial charge >= 0.3 is 0 Å². The van der Waals surface area contributed by atoms with Crippen LogP contribution in [0, 0.1) is 35.5 Å². The lowest BCUT2D eigenvalue weighted by atomic mass is 9.52. The zero-order valence-corrected chi connectivity index (χ0v) is 15.7. The average Bonchev–Trinajstić information content (AvgIpc) is 3.11. The molecule has 4 nitrogen and oxygen atoms in total. The topological polar surface area (TPSA) is 36.9 Å². The molecule has 1 heterocycles. The second-order valence-electron chi connectivity index (χ2n) is 9.14. The minimum absolute atomic E-state index is 0.289. The van der Waals surface area contributed by atoms with Crippen LogP contribution in [0.4, 0.5) is 0 Å². The summed E-state index contributed by atoms with van der Waals surface area (Å²) in [5, 5.41) is 0. The second kappa shape index (κ2) is 6.70. The Morgan fingerprint density at radius 2 is 1.64 bits per heavy atom. The van der Waals surface area contributed by atoms with Crippen molar-refractivity contribution in [3.05, 3.63) is 5.92 Å². The van der Waals surface area contributed by atoms with Crippen molar-refractivity contribution in [3.8, 4) is 0 Å². The van der Waals surface area contributed by atoms with Crippen molar-refractivity contribution in [1.82, 2.24) is 0 Å². The molecule has 5 fully saturated rings. The van der Waals surface area contributed by atoms with Gasteiger partial charge in [0.05, 0.1) is 43.2 Å². The largest absolute Gasteiger partial charge is 0.379 e. The molecule has 4 saturated carbocycles. The number of methoxy groups -OCH3 is 2. The summed E-state index contributed by atoms with van der Waals surface area (Å²) in [7, 11) is 3.73. The molecular weight excluding hydrogens is 316 g/mol. The first-order valence-electron chi connectivity index (χ1n) is 10.4. The normalized spacial score (nSPS) is 52.1. The highest BCUT2D eigenvalue weighted by Crippen LogP contribution is 2.58. The monoisotopic (exact) mass is 349 g/mol. The summed E-state index contributed by atoms with van der Waals surface area (Å²) in [6.07, 6.45) is 11.6. The van der Waals surface area contributed by atoms with E-state index in [0.29, 0.717) is 31.0 Å². The van der Waals surface area contributed by atoms with Crippen LogP contribution >= 0.6 is 0 Å². The van der Waals surface area contributed by atoms with E-state index in [9.17, 15) is 0 Å². The first-order chi connectivity index (χ1) is 12.3. The minimum atomic E-state index is 0.289. The fraction of sp³-hybridized carbons (Fsp3) is 0.952. The van der Waals surface area contributed by atoms with E-state index in [2.05, 4.69) is 0 Å². The molecule has 140 valence electrons. The fourth-order valence-electron chi connectivity index (χ4n) is 7.16. The highest BCUT2D eigenvalue weighted by Gasteiger charge is 2.58. The van der Waals surface area contributed by atoms with Gasteiger partial charge in [0.15, 0.2) is 0 Å². The summed E-state index contributed by atoms with van der Waals surface area (Å²) in [5.41, 5.74) is 0. The molecule has 0 radical (unpaired) electrons. The standard InChI is InChI=1S/C21H33O4/c1-22-18-6-5-13-7-15-12(8-17(13)21(18)23-2)3-4-14-9-19-20(10-16(14)15)25-11-24-19/h13-21H,3-11H2,1-2H3/q+1. The van der Waals surface area contributed by atoms with E-state index in [0.717, 1.165) is 30.1 Å². The molecule has 4 heteroatoms. The Balaban J connectivity index is 1.33. The van der Waals surface area contributed by atoms with Crippen LogP contribution < -0.4 is 0 Å². The van der Waals surface area contributed by atoms with E-state index in [1.54, 1.807) is 0 Å². The zero-order valence-electron chi connectivity index (χ0n) is 15.7. The third-order valence-corrected chi connectivity index (χ3v) is 8.35. The van der Waals surface area contributed by atoms with Gasteiger partial charge in [-0.25, -0.2) is 0 Å². The van der Waals surface area contributed by atoms with Gasteiger partial charge in [-0.2, -0.15) is 0 Å². The van der Waals surface area contributed by atoms with Crippen LogP contribution in [0.3, 0.4) is 0 Å². The smallest absolute Gasteiger partial charge is 0.147 e. The van der Waals surface area contributed by atoms with Crippen molar-refractivity contribution in [1.29, 1.82) is 0 Å². The van der Waals surface area contributed by atoms with Gasteiger partial charge in [-0.3, -0.25) is 0 Å². The van der Waals surface area contributed by atoms with Gasteiger partial charge in [0.1, 0.15) is 12.7 Å². The molecule has 1 aliphatic heterocycles. The Morgan fingerprint density at radius 3 is 2.44 bits per heavy atom. The van der Waals surface area contributed by atoms with E-state index in [1.807, 2.05) is 20.1 Å².